The van der Waals surface area contributed by atoms with Crippen LogP contribution in [0.25, 0.3) is 10.8 Å². The molecule has 4 rings (SSSR count). The van der Waals surface area contributed by atoms with Crippen LogP contribution >= 0.6 is 23.2 Å². The maximum absolute atomic E-state index is 13.0. The van der Waals surface area contributed by atoms with E-state index in [2.05, 4.69) is 5.32 Å². The Morgan fingerprint density at radius 2 is 1.47 bits per heavy atom. The second-order valence-electron chi connectivity index (χ2n) is 6.91. The van der Waals surface area contributed by atoms with Crippen LogP contribution in [0.5, 0.6) is 0 Å². The van der Waals surface area contributed by atoms with Crippen LogP contribution in [0.4, 0.5) is 5.69 Å². The Morgan fingerprint density at radius 3 is 2.27 bits per heavy atom. The van der Waals surface area contributed by atoms with E-state index in [0.29, 0.717) is 26.9 Å². The lowest BCUT2D eigenvalue weighted by atomic mass is 10.0. The van der Waals surface area contributed by atoms with Crippen molar-refractivity contribution in [2.45, 2.75) is 6.42 Å². The molecule has 0 saturated heterocycles. The number of amides is 1. The van der Waals surface area contributed by atoms with E-state index in [1.165, 1.54) is 0 Å². The number of benzene rings is 4. The van der Waals surface area contributed by atoms with Crippen molar-refractivity contribution in [1.82, 2.24) is 0 Å². The Hall–Kier alpha value is -3.14. The first-order chi connectivity index (χ1) is 14.5. The van der Waals surface area contributed by atoms with Crippen LogP contribution in [0, 0.1) is 0 Å². The molecule has 4 aromatic rings. The maximum Gasteiger partial charge on any atom is 0.228 e. The van der Waals surface area contributed by atoms with Crippen molar-refractivity contribution in [3.63, 3.8) is 0 Å². The number of carbonyl (C=O) groups is 2. The highest BCUT2D eigenvalue weighted by atomic mass is 35.5. The molecule has 0 aliphatic heterocycles. The zero-order chi connectivity index (χ0) is 21.1. The standard InChI is InChI=1S/C25H17Cl2NO2/c26-19-11-12-23(21(15-19)25(30)20-7-3-4-8-22(20)27)28-24(29)14-16-9-10-17-5-1-2-6-18(17)13-16/h1-13,15H,14H2,(H,28,29). The van der Waals surface area contributed by atoms with Crippen molar-refractivity contribution in [2.24, 2.45) is 0 Å². The van der Waals surface area contributed by atoms with Crippen molar-refractivity contribution in [2.75, 3.05) is 5.32 Å². The largest absolute Gasteiger partial charge is 0.325 e. The van der Waals surface area contributed by atoms with Gasteiger partial charge in [-0.05, 0) is 46.7 Å². The van der Waals surface area contributed by atoms with Gasteiger partial charge < -0.3 is 5.32 Å². The van der Waals surface area contributed by atoms with Gasteiger partial charge in [0.1, 0.15) is 0 Å². The van der Waals surface area contributed by atoms with Crippen LogP contribution in [0.1, 0.15) is 21.5 Å². The number of carbonyl (C=O) groups excluding carboxylic acids is 2. The van der Waals surface area contributed by atoms with Crippen LogP contribution in [0.3, 0.4) is 0 Å². The van der Waals surface area contributed by atoms with Crippen molar-refractivity contribution in [3.8, 4) is 0 Å². The number of fused-ring (bicyclic) bond motifs is 1. The lowest BCUT2D eigenvalue weighted by molar-refractivity contribution is -0.115. The SMILES string of the molecule is O=C(Cc1ccc2ccccc2c1)Nc1ccc(Cl)cc1C(=O)c1ccccc1Cl. The lowest BCUT2D eigenvalue weighted by Crippen LogP contribution is -2.17. The van der Waals surface area contributed by atoms with E-state index in [1.807, 2.05) is 42.5 Å². The first-order valence-corrected chi connectivity index (χ1v) is 10.1. The van der Waals surface area contributed by atoms with Gasteiger partial charge >= 0.3 is 0 Å². The fraction of sp³-hybridized carbons (Fsp3) is 0.0400. The van der Waals surface area contributed by atoms with Gasteiger partial charge in [-0.2, -0.15) is 0 Å². The summed E-state index contributed by atoms with van der Waals surface area (Å²) in [5.41, 5.74) is 1.93. The van der Waals surface area contributed by atoms with E-state index in [-0.39, 0.29) is 18.1 Å². The highest BCUT2D eigenvalue weighted by Gasteiger charge is 2.18. The first kappa shape index (κ1) is 20.1. The Balaban J connectivity index is 1.59. The lowest BCUT2D eigenvalue weighted by Gasteiger charge is -2.12. The molecule has 30 heavy (non-hydrogen) atoms. The molecular formula is C25H17Cl2NO2. The average molecular weight is 434 g/mol. The third kappa shape index (κ3) is 4.38. The number of halogens is 2. The summed E-state index contributed by atoms with van der Waals surface area (Å²) in [4.78, 5) is 25.7. The predicted octanol–water partition coefficient (Wildman–Crippen LogP) is 6.56. The molecule has 0 bridgehead atoms. The highest BCUT2D eigenvalue weighted by Crippen LogP contribution is 2.27. The predicted molar refractivity (Wildman–Crippen MR) is 123 cm³/mol. The Kier molecular flexibility index (Phi) is 5.84. The van der Waals surface area contributed by atoms with E-state index >= 15 is 0 Å². The first-order valence-electron chi connectivity index (χ1n) is 9.37. The number of hydrogen-bond acceptors (Lipinski definition) is 2. The Morgan fingerprint density at radius 1 is 0.733 bits per heavy atom. The quantitative estimate of drug-likeness (QED) is 0.362. The van der Waals surface area contributed by atoms with Crippen LogP contribution in [0.2, 0.25) is 10.0 Å². The van der Waals surface area contributed by atoms with Crippen LogP contribution < -0.4 is 5.32 Å². The van der Waals surface area contributed by atoms with Crippen molar-refractivity contribution in [3.05, 3.63) is 112 Å². The summed E-state index contributed by atoms with van der Waals surface area (Å²) >= 11 is 12.3. The van der Waals surface area contributed by atoms with E-state index in [4.69, 9.17) is 23.2 Å². The fourth-order valence-electron chi connectivity index (χ4n) is 3.33. The van der Waals surface area contributed by atoms with Crippen LogP contribution in [0.15, 0.2) is 84.9 Å². The van der Waals surface area contributed by atoms with Crippen LogP contribution in [-0.4, -0.2) is 11.7 Å². The van der Waals surface area contributed by atoms with E-state index in [0.717, 1.165) is 16.3 Å². The molecule has 0 aromatic heterocycles. The molecule has 1 N–H and O–H groups in total. The van der Waals surface area contributed by atoms with Gasteiger partial charge in [0.15, 0.2) is 5.78 Å². The molecule has 0 saturated carbocycles. The van der Waals surface area contributed by atoms with Crippen LogP contribution in [-0.2, 0) is 11.2 Å². The van der Waals surface area contributed by atoms with Crippen molar-refractivity contribution < 1.29 is 9.59 Å². The molecule has 0 aliphatic carbocycles. The second-order valence-corrected chi connectivity index (χ2v) is 7.75. The molecule has 0 spiro atoms. The molecule has 3 nitrogen and oxygen atoms in total. The minimum Gasteiger partial charge on any atom is -0.325 e. The summed E-state index contributed by atoms with van der Waals surface area (Å²) in [7, 11) is 0. The molecule has 0 heterocycles. The third-order valence-corrected chi connectivity index (χ3v) is 5.36. The topological polar surface area (TPSA) is 46.2 Å². The molecule has 0 fully saturated rings. The van der Waals surface area contributed by atoms with Gasteiger partial charge in [0.2, 0.25) is 5.91 Å². The van der Waals surface area contributed by atoms with Gasteiger partial charge in [-0.25, -0.2) is 0 Å². The highest BCUT2D eigenvalue weighted by molar-refractivity contribution is 6.36. The van der Waals surface area contributed by atoms with E-state index < -0.39 is 0 Å². The minimum atomic E-state index is -0.302. The van der Waals surface area contributed by atoms with Gasteiger partial charge in [-0.15, -0.1) is 0 Å². The average Bonchev–Trinajstić information content (AvgIpc) is 2.75. The molecule has 0 aliphatic rings. The summed E-state index contributed by atoms with van der Waals surface area (Å²) in [5.74, 6) is -0.523. The fourth-order valence-corrected chi connectivity index (χ4v) is 3.73. The van der Waals surface area contributed by atoms with Crippen molar-refractivity contribution >= 4 is 51.4 Å². The molecular weight excluding hydrogens is 417 g/mol. The number of anilines is 1. The molecule has 0 atom stereocenters. The summed E-state index contributed by atoms with van der Waals surface area (Å²) < 4.78 is 0. The molecule has 1 amide bonds. The zero-order valence-electron chi connectivity index (χ0n) is 15.9. The van der Waals surface area contributed by atoms with Gasteiger partial charge in [0, 0.05) is 16.1 Å². The Labute approximate surface area is 184 Å². The number of ketones is 1. The molecule has 0 unspecified atom stereocenters. The summed E-state index contributed by atoms with van der Waals surface area (Å²) in [5, 5.41) is 5.78. The smallest absolute Gasteiger partial charge is 0.228 e. The summed E-state index contributed by atoms with van der Waals surface area (Å²) in [6.45, 7) is 0. The summed E-state index contributed by atoms with van der Waals surface area (Å²) in [6.07, 6.45) is 0.188. The molecule has 5 heteroatoms. The van der Waals surface area contributed by atoms with Gasteiger partial charge in [-0.3, -0.25) is 9.59 Å². The monoisotopic (exact) mass is 433 g/mol. The normalized spacial score (nSPS) is 10.7. The molecule has 148 valence electrons. The third-order valence-electron chi connectivity index (χ3n) is 4.80. The molecule has 4 aromatic carbocycles. The van der Waals surface area contributed by atoms with Crippen molar-refractivity contribution in [1.29, 1.82) is 0 Å². The van der Waals surface area contributed by atoms with Gasteiger partial charge in [0.05, 0.1) is 17.1 Å². The van der Waals surface area contributed by atoms with Gasteiger partial charge in [-0.1, -0.05) is 77.8 Å². The number of hydrogen-bond donors (Lipinski definition) is 1. The number of rotatable bonds is 5. The van der Waals surface area contributed by atoms with E-state index in [9.17, 15) is 9.59 Å². The second kappa shape index (κ2) is 8.70. The summed E-state index contributed by atoms with van der Waals surface area (Å²) in [6, 6.07) is 25.5. The van der Waals surface area contributed by atoms with Gasteiger partial charge in [0.25, 0.3) is 0 Å². The van der Waals surface area contributed by atoms with E-state index in [1.54, 1.807) is 42.5 Å². The Bertz CT molecular complexity index is 1270. The minimum absolute atomic E-state index is 0.188. The zero-order valence-corrected chi connectivity index (χ0v) is 17.4. The molecule has 0 radical (unpaired) electrons. The maximum atomic E-state index is 13.0. The number of nitrogens with one attached hydrogen (secondary N) is 1.